The van der Waals surface area contributed by atoms with Crippen molar-refractivity contribution in [2.24, 2.45) is 0 Å². The predicted octanol–water partition coefficient (Wildman–Crippen LogP) is 4.17. The average Bonchev–Trinajstić information content (AvgIpc) is 3.19. The third-order valence-electron chi connectivity index (χ3n) is 6.41. The fourth-order valence-corrected chi connectivity index (χ4v) is 4.53. The Morgan fingerprint density at radius 2 is 1.86 bits per heavy atom. The van der Waals surface area contributed by atoms with Crippen molar-refractivity contribution in [3.8, 4) is 17.0 Å². The van der Waals surface area contributed by atoms with Gasteiger partial charge < -0.3 is 20.7 Å². The van der Waals surface area contributed by atoms with E-state index in [1.165, 1.54) is 32.4 Å². The number of ether oxygens (including phenoxy) is 1. The first-order valence-electron chi connectivity index (χ1n) is 12.0. The lowest BCUT2D eigenvalue weighted by Gasteiger charge is -2.26. The zero-order valence-electron chi connectivity index (χ0n) is 19.9. The van der Waals surface area contributed by atoms with Crippen LogP contribution < -0.4 is 15.8 Å². The molecule has 5 rings (SSSR count). The third-order valence-corrected chi connectivity index (χ3v) is 6.41. The van der Waals surface area contributed by atoms with E-state index >= 15 is 4.39 Å². The van der Waals surface area contributed by atoms with Gasteiger partial charge in [0.2, 0.25) is 5.95 Å². The van der Waals surface area contributed by atoms with E-state index in [0.29, 0.717) is 52.9 Å². The van der Waals surface area contributed by atoms with Crippen LogP contribution >= 0.6 is 0 Å². The SMILES string of the molecule is COc1ccc(-c2nc(NCCN3CCCCC3)nc3nn(Cc4ccccc4)c(N)c23)c(F)c1. The van der Waals surface area contributed by atoms with Crippen LogP contribution in [0.1, 0.15) is 24.8 Å². The van der Waals surface area contributed by atoms with E-state index in [1.807, 2.05) is 30.3 Å². The zero-order valence-corrected chi connectivity index (χ0v) is 19.9. The Labute approximate surface area is 203 Å². The van der Waals surface area contributed by atoms with Gasteiger partial charge >= 0.3 is 0 Å². The fraction of sp³-hybridized carbons (Fsp3) is 0.346. The van der Waals surface area contributed by atoms with E-state index in [0.717, 1.165) is 25.2 Å². The number of nitrogens with zero attached hydrogens (tertiary/aromatic N) is 5. The molecule has 0 atom stereocenters. The van der Waals surface area contributed by atoms with Gasteiger partial charge in [-0.3, -0.25) is 0 Å². The highest BCUT2D eigenvalue weighted by molar-refractivity contribution is 5.99. The van der Waals surface area contributed by atoms with Gasteiger partial charge in [0.05, 0.1) is 24.7 Å². The van der Waals surface area contributed by atoms with Crippen LogP contribution in [0, 0.1) is 5.82 Å². The molecular formula is C26H30FN7O. The number of piperidine rings is 1. The van der Waals surface area contributed by atoms with Crippen molar-refractivity contribution in [2.45, 2.75) is 25.8 Å². The highest BCUT2D eigenvalue weighted by atomic mass is 19.1. The molecule has 4 aromatic rings. The number of rotatable bonds is 8. The van der Waals surface area contributed by atoms with Crippen LogP contribution in [-0.4, -0.2) is 57.9 Å². The van der Waals surface area contributed by atoms with Crippen LogP contribution in [-0.2, 0) is 6.54 Å². The maximum atomic E-state index is 15.1. The van der Waals surface area contributed by atoms with Gasteiger partial charge in [0.1, 0.15) is 17.4 Å². The minimum Gasteiger partial charge on any atom is -0.497 e. The van der Waals surface area contributed by atoms with Gasteiger partial charge in [-0.2, -0.15) is 4.98 Å². The minimum absolute atomic E-state index is 0.322. The fourth-order valence-electron chi connectivity index (χ4n) is 4.53. The molecule has 182 valence electrons. The highest BCUT2D eigenvalue weighted by Crippen LogP contribution is 2.34. The van der Waals surface area contributed by atoms with Crippen LogP contribution in [0.3, 0.4) is 0 Å². The zero-order chi connectivity index (χ0) is 24.2. The lowest BCUT2D eigenvalue weighted by Crippen LogP contribution is -2.33. The Balaban J connectivity index is 1.51. The lowest BCUT2D eigenvalue weighted by atomic mass is 10.1. The van der Waals surface area contributed by atoms with Gasteiger partial charge in [-0.15, -0.1) is 5.10 Å². The summed E-state index contributed by atoms with van der Waals surface area (Å²) in [5.74, 6) is 0.793. The summed E-state index contributed by atoms with van der Waals surface area (Å²) in [6, 6.07) is 14.6. The number of halogens is 1. The molecule has 0 bridgehead atoms. The quantitative estimate of drug-likeness (QED) is 0.395. The summed E-state index contributed by atoms with van der Waals surface area (Å²) in [5.41, 5.74) is 8.74. The normalized spacial score (nSPS) is 14.3. The van der Waals surface area contributed by atoms with Crippen molar-refractivity contribution in [1.82, 2.24) is 24.6 Å². The molecule has 1 aliphatic heterocycles. The molecule has 9 heteroatoms. The third kappa shape index (κ3) is 5.05. The Bertz CT molecular complexity index is 1300. The van der Waals surface area contributed by atoms with Crippen molar-refractivity contribution >= 4 is 22.8 Å². The summed E-state index contributed by atoms with van der Waals surface area (Å²) in [6.07, 6.45) is 3.77. The van der Waals surface area contributed by atoms with Crippen LogP contribution in [0.25, 0.3) is 22.3 Å². The topological polar surface area (TPSA) is 94.1 Å². The van der Waals surface area contributed by atoms with Crippen LogP contribution in [0.5, 0.6) is 5.75 Å². The van der Waals surface area contributed by atoms with Crippen molar-refractivity contribution in [2.75, 3.05) is 44.3 Å². The van der Waals surface area contributed by atoms with Gasteiger partial charge in [0.15, 0.2) is 5.65 Å². The number of hydrogen-bond donors (Lipinski definition) is 2. The molecule has 0 radical (unpaired) electrons. The highest BCUT2D eigenvalue weighted by Gasteiger charge is 2.21. The average molecular weight is 476 g/mol. The Morgan fingerprint density at radius 3 is 2.60 bits per heavy atom. The molecule has 3 heterocycles. The first kappa shape index (κ1) is 23.0. The molecule has 3 N–H and O–H groups in total. The molecule has 0 amide bonds. The van der Waals surface area contributed by atoms with Crippen LogP contribution in [0.4, 0.5) is 16.2 Å². The molecule has 0 aliphatic carbocycles. The Hall–Kier alpha value is -3.72. The number of nitrogens with two attached hydrogens (primary N) is 1. The smallest absolute Gasteiger partial charge is 0.225 e. The van der Waals surface area contributed by atoms with Gasteiger partial charge in [0.25, 0.3) is 0 Å². The van der Waals surface area contributed by atoms with Gasteiger partial charge in [-0.05, 0) is 43.6 Å². The number of hydrogen-bond acceptors (Lipinski definition) is 7. The molecule has 1 fully saturated rings. The molecule has 0 spiro atoms. The van der Waals surface area contributed by atoms with E-state index in [-0.39, 0.29) is 0 Å². The summed E-state index contributed by atoms with van der Waals surface area (Å²) in [5, 5.41) is 8.51. The molecule has 8 nitrogen and oxygen atoms in total. The Morgan fingerprint density at radius 1 is 1.06 bits per heavy atom. The second-order valence-electron chi connectivity index (χ2n) is 8.80. The van der Waals surface area contributed by atoms with Gasteiger partial charge in [-0.1, -0.05) is 36.8 Å². The number of fused-ring (bicyclic) bond motifs is 1. The first-order chi connectivity index (χ1) is 17.1. The molecule has 35 heavy (non-hydrogen) atoms. The minimum atomic E-state index is -0.446. The predicted molar refractivity (Wildman–Crippen MR) is 136 cm³/mol. The second-order valence-corrected chi connectivity index (χ2v) is 8.80. The van der Waals surface area contributed by atoms with Crippen molar-refractivity contribution < 1.29 is 9.13 Å². The van der Waals surface area contributed by atoms with Crippen molar-refractivity contribution in [1.29, 1.82) is 0 Å². The molecule has 2 aromatic heterocycles. The Kier molecular flexibility index (Phi) is 6.76. The number of aromatic nitrogens is 4. The van der Waals surface area contributed by atoms with Crippen molar-refractivity contribution in [3.05, 3.63) is 59.9 Å². The molecule has 1 aliphatic rings. The summed E-state index contributed by atoms with van der Waals surface area (Å²) < 4.78 is 22.0. The molecular weight excluding hydrogens is 445 g/mol. The second kappa shape index (κ2) is 10.3. The monoisotopic (exact) mass is 475 g/mol. The van der Waals surface area contributed by atoms with Crippen molar-refractivity contribution in [3.63, 3.8) is 0 Å². The molecule has 1 saturated heterocycles. The number of nitrogen functional groups attached to an aromatic ring is 1. The molecule has 0 unspecified atom stereocenters. The number of likely N-dealkylation sites (tertiary alicyclic amines) is 1. The molecule has 0 saturated carbocycles. The van der Waals surface area contributed by atoms with E-state index < -0.39 is 5.82 Å². The number of methoxy groups -OCH3 is 1. The number of nitrogens with one attached hydrogen (secondary N) is 1. The maximum Gasteiger partial charge on any atom is 0.225 e. The van der Waals surface area contributed by atoms with Gasteiger partial charge in [-0.25, -0.2) is 14.1 Å². The van der Waals surface area contributed by atoms with Gasteiger partial charge in [0, 0.05) is 24.7 Å². The van der Waals surface area contributed by atoms with E-state index in [2.05, 4.69) is 20.3 Å². The lowest BCUT2D eigenvalue weighted by molar-refractivity contribution is 0.237. The first-order valence-corrected chi connectivity index (χ1v) is 12.0. The molecule has 2 aromatic carbocycles. The van der Waals surface area contributed by atoms with Crippen LogP contribution in [0.2, 0.25) is 0 Å². The number of anilines is 2. The van der Waals surface area contributed by atoms with E-state index in [9.17, 15) is 0 Å². The number of benzene rings is 2. The maximum absolute atomic E-state index is 15.1. The largest absolute Gasteiger partial charge is 0.497 e. The summed E-state index contributed by atoms with van der Waals surface area (Å²) in [7, 11) is 1.51. The summed E-state index contributed by atoms with van der Waals surface area (Å²) in [4.78, 5) is 11.8. The van der Waals surface area contributed by atoms with Crippen LogP contribution in [0.15, 0.2) is 48.5 Å². The summed E-state index contributed by atoms with van der Waals surface area (Å²) in [6.45, 7) is 4.30. The summed E-state index contributed by atoms with van der Waals surface area (Å²) >= 11 is 0. The van der Waals surface area contributed by atoms with E-state index in [1.54, 1.807) is 16.8 Å². The standard InChI is InChI=1S/C26H30FN7O/c1-35-19-10-11-20(21(27)16-19)23-22-24(28)34(17-18-8-4-2-5-9-18)32-25(22)31-26(30-23)29-12-15-33-13-6-3-7-14-33/h2,4-5,8-11,16H,3,6-7,12-15,17,28H2,1H3,(H,29,31,32). The van der Waals surface area contributed by atoms with E-state index in [4.69, 9.17) is 15.5 Å².